The van der Waals surface area contributed by atoms with Crippen LogP contribution in [0.15, 0.2) is 12.1 Å². The summed E-state index contributed by atoms with van der Waals surface area (Å²) >= 11 is 1.08. The maximum absolute atomic E-state index is 8.71. The number of fused-ring (bicyclic) bond motifs is 1. The third kappa shape index (κ3) is 0.898. The van der Waals surface area contributed by atoms with Crippen LogP contribution in [0.4, 0.5) is 5.69 Å². The fraction of sp³-hybridized carbons (Fsp3) is 0. The number of aromatic nitrogens is 2. The second-order valence-electron chi connectivity index (χ2n) is 2.31. The molecular formula is C7H4N4S. The Morgan fingerprint density at radius 1 is 1.42 bits per heavy atom. The number of hydrogen-bond donors (Lipinski definition) is 1. The first-order valence-electron chi connectivity index (χ1n) is 3.23. The molecule has 0 fully saturated rings. The molecule has 0 radical (unpaired) electrons. The van der Waals surface area contributed by atoms with Gasteiger partial charge in [-0.1, -0.05) is 0 Å². The van der Waals surface area contributed by atoms with Crippen LogP contribution in [-0.4, -0.2) is 8.75 Å². The van der Waals surface area contributed by atoms with E-state index in [1.165, 1.54) is 0 Å². The minimum Gasteiger partial charge on any atom is -0.399 e. The average molecular weight is 176 g/mol. The molecule has 58 valence electrons. The van der Waals surface area contributed by atoms with E-state index >= 15 is 0 Å². The number of nitrogens with two attached hydrogens (primary N) is 1. The molecule has 0 saturated carbocycles. The van der Waals surface area contributed by atoms with Crippen molar-refractivity contribution in [2.24, 2.45) is 0 Å². The highest BCUT2D eigenvalue weighted by molar-refractivity contribution is 7.00. The average Bonchev–Trinajstić information content (AvgIpc) is 2.50. The van der Waals surface area contributed by atoms with E-state index in [-0.39, 0.29) is 0 Å². The van der Waals surface area contributed by atoms with Gasteiger partial charge in [0, 0.05) is 5.69 Å². The summed E-state index contributed by atoms with van der Waals surface area (Å²) in [6, 6.07) is 5.33. The highest BCUT2D eigenvalue weighted by Gasteiger charge is 2.05. The maximum atomic E-state index is 8.71. The highest BCUT2D eigenvalue weighted by atomic mass is 32.1. The van der Waals surface area contributed by atoms with E-state index in [2.05, 4.69) is 8.75 Å². The molecule has 0 amide bonds. The van der Waals surface area contributed by atoms with Crippen LogP contribution in [0.25, 0.3) is 11.0 Å². The minimum atomic E-state index is 0.485. The number of nitriles is 1. The third-order valence-electron chi connectivity index (χ3n) is 1.50. The fourth-order valence-corrected chi connectivity index (χ4v) is 1.54. The van der Waals surface area contributed by atoms with Crippen LogP contribution in [0.5, 0.6) is 0 Å². The molecule has 0 atom stereocenters. The molecule has 0 bridgehead atoms. The Balaban J connectivity index is 2.91. The Labute approximate surface area is 72.6 Å². The Kier molecular flexibility index (Phi) is 1.42. The van der Waals surface area contributed by atoms with Crippen LogP contribution in [-0.2, 0) is 0 Å². The molecule has 12 heavy (non-hydrogen) atoms. The fourth-order valence-electron chi connectivity index (χ4n) is 0.997. The van der Waals surface area contributed by atoms with E-state index in [1.807, 2.05) is 6.07 Å². The number of hydrogen-bond acceptors (Lipinski definition) is 5. The van der Waals surface area contributed by atoms with Gasteiger partial charge < -0.3 is 5.73 Å². The van der Waals surface area contributed by atoms with Crippen LogP contribution in [0.3, 0.4) is 0 Å². The van der Waals surface area contributed by atoms with E-state index in [1.54, 1.807) is 12.1 Å². The van der Waals surface area contributed by atoms with Crippen LogP contribution in [0.1, 0.15) is 5.56 Å². The standard InChI is InChI=1S/C7H4N4S/c8-3-4-1-5(9)2-6-7(4)11-12-10-6/h1-2H,9H2. The molecule has 0 spiro atoms. The largest absolute Gasteiger partial charge is 0.399 e. The lowest BCUT2D eigenvalue weighted by Crippen LogP contribution is -1.87. The summed E-state index contributed by atoms with van der Waals surface area (Å²) in [5.74, 6) is 0. The molecule has 2 aromatic rings. The molecule has 5 heteroatoms. The molecule has 1 aromatic heterocycles. The summed E-state index contributed by atoms with van der Waals surface area (Å²) in [7, 11) is 0. The molecule has 2 N–H and O–H groups in total. The predicted molar refractivity (Wildman–Crippen MR) is 46.5 cm³/mol. The molecule has 0 saturated heterocycles. The van der Waals surface area contributed by atoms with Gasteiger partial charge in [0.25, 0.3) is 0 Å². The van der Waals surface area contributed by atoms with Crippen molar-refractivity contribution in [3.05, 3.63) is 17.7 Å². The van der Waals surface area contributed by atoms with Crippen LogP contribution in [0, 0.1) is 11.3 Å². The minimum absolute atomic E-state index is 0.485. The zero-order valence-electron chi connectivity index (χ0n) is 5.98. The van der Waals surface area contributed by atoms with Crippen molar-refractivity contribution >= 4 is 28.4 Å². The first-order chi connectivity index (χ1) is 5.81. The summed E-state index contributed by atoms with van der Waals surface area (Å²) in [6.07, 6.45) is 0. The zero-order chi connectivity index (χ0) is 8.55. The normalized spacial score (nSPS) is 9.92. The van der Waals surface area contributed by atoms with Crippen molar-refractivity contribution in [1.82, 2.24) is 8.75 Å². The number of nitrogen functional groups attached to an aromatic ring is 1. The van der Waals surface area contributed by atoms with Gasteiger partial charge in [-0.25, -0.2) is 0 Å². The van der Waals surface area contributed by atoms with Crippen molar-refractivity contribution < 1.29 is 0 Å². The third-order valence-corrected chi connectivity index (χ3v) is 2.05. The molecule has 0 unspecified atom stereocenters. The van der Waals surface area contributed by atoms with Gasteiger partial charge in [-0.2, -0.15) is 14.0 Å². The summed E-state index contributed by atoms with van der Waals surface area (Å²) in [4.78, 5) is 0. The quantitative estimate of drug-likeness (QED) is 0.611. The Hall–Kier alpha value is -1.67. The van der Waals surface area contributed by atoms with E-state index in [0.717, 1.165) is 11.7 Å². The molecule has 1 aromatic carbocycles. The second kappa shape index (κ2) is 2.43. The molecular weight excluding hydrogens is 172 g/mol. The van der Waals surface area contributed by atoms with Crippen LogP contribution in [0.2, 0.25) is 0 Å². The Bertz CT molecular complexity index is 468. The SMILES string of the molecule is N#Cc1cc(N)cc2nsnc12. The first-order valence-corrected chi connectivity index (χ1v) is 3.96. The Morgan fingerprint density at radius 3 is 3.00 bits per heavy atom. The molecule has 2 rings (SSSR count). The van der Waals surface area contributed by atoms with Gasteiger partial charge in [-0.05, 0) is 12.1 Å². The molecule has 0 aliphatic rings. The van der Waals surface area contributed by atoms with Crippen molar-refractivity contribution in [1.29, 1.82) is 5.26 Å². The number of benzene rings is 1. The van der Waals surface area contributed by atoms with E-state index in [9.17, 15) is 0 Å². The van der Waals surface area contributed by atoms with Crippen molar-refractivity contribution in [2.75, 3.05) is 5.73 Å². The van der Waals surface area contributed by atoms with Gasteiger partial charge in [0.2, 0.25) is 0 Å². The van der Waals surface area contributed by atoms with Gasteiger partial charge >= 0.3 is 0 Å². The molecule has 4 nitrogen and oxygen atoms in total. The molecule has 0 aliphatic carbocycles. The smallest absolute Gasteiger partial charge is 0.122 e. The summed E-state index contributed by atoms with van der Waals surface area (Å²) < 4.78 is 7.97. The molecule has 1 heterocycles. The zero-order valence-corrected chi connectivity index (χ0v) is 6.80. The second-order valence-corrected chi connectivity index (χ2v) is 2.84. The van der Waals surface area contributed by atoms with Crippen molar-refractivity contribution in [3.63, 3.8) is 0 Å². The van der Waals surface area contributed by atoms with Gasteiger partial charge in [-0.3, -0.25) is 0 Å². The van der Waals surface area contributed by atoms with Crippen molar-refractivity contribution in [2.45, 2.75) is 0 Å². The highest BCUT2D eigenvalue weighted by Crippen LogP contribution is 2.19. The monoisotopic (exact) mass is 176 g/mol. The number of rotatable bonds is 0. The molecule has 0 aliphatic heterocycles. The lowest BCUT2D eigenvalue weighted by Gasteiger charge is -1.92. The van der Waals surface area contributed by atoms with E-state index in [4.69, 9.17) is 11.0 Å². The van der Waals surface area contributed by atoms with Gasteiger partial charge in [0.05, 0.1) is 17.3 Å². The maximum Gasteiger partial charge on any atom is 0.122 e. The van der Waals surface area contributed by atoms with Gasteiger partial charge in [0.15, 0.2) is 0 Å². The lowest BCUT2D eigenvalue weighted by atomic mass is 10.2. The lowest BCUT2D eigenvalue weighted by molar-refractivity contribution is 1.49. The van der Waals surface area contributed by atoms with E-state index < -0.39 is 0 Å². The van der Waals surface area contributed by atoms with Gasteiger partial charge in [0.1, 0.15) is 17.1 Å². The topological polar surface area (TPSA) is 75.6 Å². The first kappa shape index (κ1) is 7.00. The summed E-state index contributed by atoms with van der Waals surface area (Å²) in [5, 5.41) is 8.71. The number of anilines is 1. The Morgan fingerprint density at radius 2 is 2.25 bits per heavy atom. The van der Waals surface area contributed by atoms with Crippen molar-refractivity contribution in [3.8, 4) is 6.07 Å². The summed E-state index contributed by atoms with van der Waals surface area (Å²) in [6.45, 7) is 0. The van der Waals surface area contributed by atoms with E-state index in [0.29, 0.717) is 22.3 Å². The predicted octanol–water partition coefficient (Wildman–Crippen LogP) is 1.15. The number of nitrogens with zero attached hydrogens (tertiary/aromatic N) is 3. The summed E-state index contributed by atoms with van der Waals surface area (Å²) in [5.41, 5.74) is 7.91. The van der Waals surface area contributed by atoms with Crippen LogP contribution >= 0.6 is 11.7 Å². The van der Waals surface area contributed by atoms with Gasteiger partial charge in [-0.15, -0.1) is 0 Å². The van der Waals surface area contributed by atoms with Crippen LogP contribution < -0.4 is 5.73 Å².